The topological polar surface area (TPSA) is 55.6 Å². The lowest BCUT2D eigenvalue weighted by Crippen LogP contribution is -2.30. The Kier molecular flexibility index (Phi) is 5.67. The third-order valence-electron chi connectivity index (χ3n) is 5.52. The Labute approximate surface area is 195 Å². The summed E-state index contributed by atoms with van der Waals surface area (Å²) < 4.78 is 12.1. The summed E-state index contributed by atoms with van der Waals surface area (Å²) >= 11 is 1.48. The number of hydrogen-bond donors (Lipinski definition) is 0. The fourth-order valence-electron chi connectivity index (χ4n) is 3.75. The molecule has 2 aromatic heterocycles. The van der Waals surface area contributed by atoms with Crippen LogP contribution in [0.3, 0.4) is 0 Å². The van der Waals surface area contributed by atoms with Gasteiger partial charge >= 0.3 is 0 Å². The van der Waals surface area contributed by atoms with Crippen LogP contribution < -0.4 is 9.64 Å². The highest BCUT2D eigenvalue weighted by atomic mass is 32.1. The van der Waals surface area contributed by atoms with E-state index in [1.807, 2.05) is 73.7 Å². The number of hydrogen-bond acceptors (Lipinski definition) is 5. The van der Waals surface area contributed by atoms with Crippen LogP contribution in [-0.2, 0) is 6.54 Å². The largest absolute Gasteiger partial charge is 0.494 e. The molecule has 0 N–H and O–H groups in total. The number of anilines is 1. The van der Waals surface area contributed by atoms with Gasteiger partial charge in [0.05, 0.1) is 24.6 Å². The van der Waals surface area contributed by atoms with E-state index < -0.39 is 0 Å². The number of rotatable bonds is 6. The molecule has 1 amide bonds. The zero-order valence-electron chi connectivity index (χ0n) is 18.3. The molecule has 3 aromatic carbocycles. The molecule has 0 unspecified atom stereocenters. The maximum atomic E-state index is 13.7. The summed E-state index contributed by atoms with van der Waals surface area (Å²) in [4.78, 5) is 20.1. The number of ether oxygens (including phenoxy) is 1. The molecular weight excluding hydrogens is 432 g/mol. The molecule has 164 valence electrons. The predicted molar refractivity (Wildman–Crippen MR) is 132 cm³/mol. The molecule has 0 aliphatic heterocycles. The standard InChI is InChI=1S/C27H22N2O3S/c1-18-10-15-23(31-2)24-25(18)33-27(28-24)29(17-22-9-6-16-32-22)26(30)21-13-11-20(12-14-21)19-7-4-3-5-8-19/h3-16H,17H2,1-2H3. The van der Waals surface area contributed by atoms with Gasteiger partial charge < -0.3 is 9.15 Å². The summed E-state index contributed by atoms with van der Waals surface area (Å²) in [5.41, 5.74) is 4.60. The van der Waals surface area contributed by atoms with E-state index >= 15 is 0 Å². The van der Waals surface area contributed by atoms with Gasteiger partial charge in [0, 0.05) is 5.56 Å². The van der Waals surface area contributed by atoms with Gasteiger partial charge in [-0.2, -0.15) is 0 Å². The normalized spacial score (nSPS) is 11.0. The molecule has 0 bridgehead atoms. The summed E-state index contributed by atoms with van der Waals surface area (Å²) in [6.07, 6.45) is 1.61. The van der Waals surface area contributed by atoms with E-state index in [2.05, 4.69) is 12.1 Å². The molecule has 2 heterocycles. The van der Waals surface area contributed by atoms with Crippen molar-refractivity contribution < 1.29 is 13.9 Å². The molecule has 33 heavy (non-hydrogen) atoms. The molecule has 6 heteroatoms. The van der Waals surface area contributed by atoms with Crippen molar-refractivity contribution in [1.29, 1.82) is 0 Å². The molecule has 0 aliphatic rings. The second kappa shape index (κ2) is 8.92. The van der Waals surface area contributed by atoms with E-state index in [0.717, 1.165) is 26.9 Å². The molecule has 0 fully saturated rings. The third kappa shape index (κ3) is 4.13. The minimum atomic E-state index is -0.137. The van der Waals surface area contributed by atoms with Crippen LogP contribution in [0.2, 0.25) is 0 Å². The minimum absolute atomic E-state index is 0.137. The number of furan rings is 1. The maximum absolute atomic E-state index is 13.7. The highest BCUT2D eigenvalue weighted by Gasteiger charge is 2.24. The summed E-state index contributed by atoms with van der Waals surface area (Å²) in [6.45, 7) is 2.32. The number of nitrogens with zero attached hydrogens (tertiary/aromatic N) is 2. The van der Waals surface area contributed by atoms with Crippen molar-refractivity contribution in [2.45, 2.75) is 13.5 Å². The predicted octanol–water partition coefficient (Wildman–Crippen LogP) is 6.72. The van der Waals surface area contributed by atoms with Crippen LogP contribution in [-0.4, -0.2) is 18.0 Å². The zero-order chi connectivity index (χ0) is 22.8. The first kappa shape index (κ1) is 21.0. The number of aromatic nitrogens is 1. The van der Waals surface area contributed by atoms with E-state index in [1.54, 1.807) is 18.3 Å². The van der Waals surface area contributed by atoms with Crippen molar-refractivity contribution in [3.05, 3.63) is 102 Å². The molecule has 0 saturated carbocycles. The molecule has 5 aromatic rings. The van der Waals surface area contributed by atoms with Crippen LogP contribution in [0.5, 0.6) is 5.75 Å². The van der Waals surface area contributed by atoms with Gasteiger partial charge in [0.2, 0.25) is 0 Å². The van der Waals surface area contributed by atoms with Gasteiger partial charge in [-0.25, -0.2) is 4.98 Å². The highest BCUT2D eigenvalue weighted by molar-refractivity contribution is 7.22. The second-order valence-electron chi connectivity index (χ2n) is 7.67. The van der Waals surface area contributed by atoms with Crippen LogP contribution in [0.15, 0.2) is 89.5 Å². The zero-order valence-corrected chi connectivity index (χ0v) is 19.1. The van der Waals surface area contributed by atoms with Crippen LogP contribution in [0.1, 0.15) is 21.7 Å². The fraction of sp³-hybridized carbons (Fsp3) is 0.111. The first-order valence-corrected chi connectivity index (χ1v) is 11.4. The molecule has 5 nitrogen and oxygen atoms in total. The first-order valence-electron chi connectivity index (χ1n) is 10.6. The van der Waals surface area contributed by atoms with Crippen molar-refractivity contribution in [1.82, 2.24) is 4.98 Å². The molecule has 0 aliphatic carbocycles. The molecule has 0 spiro atoms. The molecular formula is C27H22N2O3S. The number of methoxy groups -OCH3 is 1. The monoisotopic (exact) mass is 454 g/mol. The summed E-state index contributed by atoms with van der Waals surface area (Å²) in [5, 5.41) is 0.603. The number of benzene rings is 3. The van der Waals surface area contributed by atoms with Crippen LogP contribution in [0.4, 0.5) is 5.13 Å². The van der Waals surface area contributed by atoms with E-state index in [-0.39, 0.29) is 12.5 Å². The van der Waals surface area contributed by atoms with Gasteiger partial charge in [-0.05, 0) is 53.9 Å². The Bertz CT molecular complexity index is 1390. The second-order valence-corrected chi connectivity index (χ2v) is 8.65. The fourth-order valence-corrected chi connectivity index (χ4v) is 4.80. The Morgan fingerprint density at radius 1 is 0.970 bits per heavy atom. The van der Waals surface area contributed by atoms with Crippen LogP contribution in [0.25, 0.3) is 21.3 Å². The van der Waals surface area contributed by atoms with Gasteiger partial charge in [0.1, 0.15) is 17.0 Å². The number of carbonyl (C=O) groups is 1. The molecule has 0 radical (unpaired) electrons. The van der Waals surface area contributed by atoms with E-state index in [4.69, 9.17) is 14.1 Å². The smallest absolute Gasteiger partial charge is 0.260 e. The van der Waals surface area contributed by atoms with Crippen LogP contribution in [0, 0.1) is 6.92 Å². The first-order chi connectivity index (χ1) is 16.1. The Morgan fingerprint density at radius 2 is 1.73 bits per heavy atom. The number of carbonyl (C=O) groups excluding carboxylic acids is 1. The maximum Gasteiger partial charge on any atom is 0.260 e. The third-order valence-corrected chi connectivity index (χ3v) is 6.73. The average Bonchev–Trinajstić information content (AvgIpc) is 3.54. The molecule has 0 atom stereocenters. The minimum Gasteiger partial charge on any atom is -0.494 e. The van der Waals surface area contributed by atoms with Crippen molar-refractivity contribution in [3.63, 3.8) is 0 Å². The number of amides is 1. The SMILES string of the molecule is COc1ccc(C)c2sc(N(Cc3ccco3)C(=O)c3ccc(-c4ccccc4)cc3)nc12. The van der Waals surface area contributed by atoms with Crippen molar-refractivity contribution in [2.75, 3.05) is 12.0 Å². The van der Waals surface area contributed by atoms with Crippen molar-refractivity contribution >= 4 is 32.6 Å². The lowest BCUT2D eigenvalue weighted by molar-refractivity contribution is 0.0983. The van der Waals surface area contributed by atoms with E-state index in [9.17, 15) is 4.79 Å². The number of aryl methyl sites for hydroxylation is 1. The van der Waals surface area contributed by atoms with Gasteiger partial charge in [0.15, 0.2) is 5.13 Å². The van der Waals surface area contributed by atoms with E-state index in [1.165, 1.54) is 11.3 Å². The Morgan fingerprint density at radius 3 is 2.42 bits per heavy atom. The summed E-state index contributed by atoms with van der Waals surface area (Å²) in [6, 6.07) is 25.3. The van der Waals surface area contributed by atoms with E-state index in [0.29, 0.717) is 22.2 Å². The average molecular weight is 455 g/mol. The molecule has 5 rings (SSSR count). The van der Waals surface area contributed by atoms with Crippen LogP contribution >= 0.6 is 11.3 Å². The van der Waals surface area contributed by atoms with Crippen molar-refractivity contribution in [3.8, 4) is 16.9 Å². The van der Waals surface area contributed by atoms with Crippen molar-refractivity contribution in [2.24, 2.45) is 0 Å². The quantitative estimate of drug-likeness (QED) is 0.286. The Hall–Kier alpha value is -3.90. The van der Waals surface area contributed by atoms with Gasteiger partial charge in [0.25, 0.3) is 5.91 Å². The van der Waals surface area contributed by atoms with Gasteiger partial charge in [-0.15, -0.1) is 0 Å². The lowest BCUT2D eigenvalue weighted by atomic mass is 10.0. The highest BCUT2D eigenvalue weighted by Crippen LogP contribution is 2.37. The number of fused-ring (bicyclic) bond motifs is 1. The van der Waals surface area contributed by atoms with Gasteiger partial charge in [-0.3, -0.25) is 9.69 Å². The Balaban J connectivity index is 1.54. The van der Waals surface area contributed by atoms with Gasteiger partial charge in [-0.1, -0.05) is 59.9 Å². The lowest BCUT2D eigenvalue weighted by Gasteiger charge is -2.19. The number of thiazole rings is 1. The summed E-state index contributed by atoms with van der Waals surface area (Å²) in [7, 11) is 1.63. The molecule has 0 saturated heterocycles. The summed E-state index contributed by atoms with van der Waals surface area (Å²) in [5.74, 6) is 1.24.